The summed E-state index contributed by atoms with van der Waals surface area (Å²) in [6.45, 7) is 7.90. The highest BCUT2D eigenvalue weighted by Gasteiger charge is 2.44. The third-order valence-corrected chi connectivity index (χ3v) is 8.15. The van der Waals surface area contributed by atoms with Crippen LogP contribution < -0.4 is 14.4 Å². The number of aromatic amines is 1. The Labute approximate surface area is 226 Å². The second kappa shape index (κ2) is 9.53. The van der Waals surface area contributed by atoms with E-state index in [1.54, 1.807) is 7.11 Å². The second-order valence-corrected chi connectivity index (χ2v) is 10.7. The van der Waals surface area contributed by atoms with Crippen molar-refractivity contribution in [2.24, 2.45) is 5.41 Å². The molecule has 200 valence electrons. The predicted octanol–water partition coefficient (Wildman–Crippen LogP) is 4.18. The Bertz CT molecular complexity index is 1590. The van der Waals surface area contributed by atoms with Crippen LogP contribution in [0.3, 0.4) is 0 Å². The summed E-state index contributed by atoms with van der Waals surface area (Å²) in [5.74, 6) is 2.48. The zero-order chi connectivity index (χ0) is 26.4. The maximum atomic E-state index is 5.83. The number of nitrogens with one attached hydrogen (secondary N) is 1. The van der Waals surface area contributed by atoms with Crippen LogP contribution in [0.1, 0.15) is 25.3 Å². The molecule has 7 rings (SSSR count). The first-order valence-electron chi connectivity index (χ1n) is 13.5. The molecule has 0 amide bonds. The van der Waals surface area contributed by atoms with Crippen molar-refractivity contribution in [3.05, 3.63) is 60.7 Å². The maximum absolute atomic E-state index is 5.83. The molecule has 1 spiro atoms. The number of pyridine rings is 3. The van der Waals surface area contributed by atoms with Gasteiger partial charge >= 0.3 is 0 Å². The molecule has 2 aliphatic heterocycles. The van der Waals surface area contributed by atoms with Gasteiger partial charge in [-0.25, -0.2) is 14.5 Å². The van der Waals surface area contributed by atoms with E-state index < -0.39 is 0 Å². The van der Waals surface area contributed by atoms with E-state index in [9.17, 15) is 0 Å². The molecule has 0 aliphatic carbocycles. The number of nitrogens with zero attached hydrogens (tertiary/aromatic N) is 7. The van der Waals surface area contributed by atoms with Crippen molar-refractivity contribution >= 4 is 22.4 Å². The van der Waals surface area contributed by atoms with Gasteiger partial charge in [0.05, 0.1) is 37.0 Å². The summed E-state index contributed by atoms with van der Waals surface area (Å²) in [4.78, 5) is 14.2. The average molecular weight is 525 g/mol. The minimum absolute atomic E-state index is 0.430. The van der Waals surface area contributed by atoms with Crippen molar-refractivity contribution in [1.29, 1.82) is 0 Å². The summed E-state index contributed by atoms with van der Waals surface area (Å²) >= 11 is 0. The van der Waals surface area contributed by atoms with E-state index in [1.807, 2.05) is 42.3 Å². The van der Waals surface area contributed by atoms with E-state index in [-0.39, 0.29) is 0 Å². The molecule has 0 atom stereocenters. The molecule has 10 heteroatoms. The van der Waals surface area contributed by atoms with Gasteiger partial charge in [-0.1, -0.05) is 6.07 Å². The summed E-state index contributed by atoms with van der Waals surface area (Å²) in [5.41, 5.74) is 5.48. The Morgan fingerprint density at radius 3 is 2.62 bits per heavy atom. The lowest BCUT2D eigenvalue weighted by Crippen LogP contribution is -2.59. The van der Waals surface area contributed by atoms with E-state index in [2.05, 4.69) is 54.3 Å². The molecule has 10 nitrogen and oxygen atoms in total. The fraction of sp³-hybridized carbons (Fsp3) is 0.379. The molecule has 0 aromatic carbocycles. The first-order chi connectivity index (χ1) is 19.1. The molecule has 0 bridgehead atoms. The molecular weight excluding hydrogens is 492 g/mol. The highest BCUT2D eigenvalue weighted by molar-refractivity contribution is 6.00. The smallest absolute Gasteiger partial charge is 0.212 e. The molecular formula is C29H32N8O2. The molecule has 2 aliphatic rings. The minimum atomic E-state index is 0.430. The van der Waals surface area contributed by atoms with Gasteiger partial charge in [0, 0.05) is 62.3 Å². The molecule has 0 saturated carbocycles. The molecule has 7 heterocycles. The van der Waals surface area contributed by atoms with Crippen molar-refractivity contribution in [3.8, 4) is 22.8 Å². The van der Waals surface area contributed by atoms with Gasteiger partial charge in [-0.3, -0.25) is 10.00 Å². The molecule has 5 aromatic heterocycles. The van der Waals surface area contributed by atoms with Crippen molar-refractivity contribution in [2.45, 2.75) is 26.3 Å². The van der Waals surface area contributed by atoms with Crippen molar-refractivity contribution in [3.63, 3.8) is 0 Å². The zero-order valence-electron chi connectivity index (χ0n) is 22.3. The van der Waals surface area contributed by atoms with Gasteiger partial charge in [-0.05, 0) is 48.9 Å². The fourth-order valence-corrected chi connectivity index (χ4v) is 6.16. The number of hydrogen-bond acceptors (Lipinski definition) is 8. The van der Waals surface area contributed by atoms with Crippen LogP contribution >= 0.6 is 0 Å². The van der Waals surface area contributed by atoms with E-state index in [0.29, 0.717) is 17.9 Å². The summed E-state index contributed by atoms with van der Waals surface area (Å²) in [6, 6.07) is 10.4. The number of hydrogen-bond donors (Lipinski definition) is 1. The number of ether oxygens (including phenoxy) is 2. The predicted molar refractivity (Wildman–Crippen MR) is 149 cm³/mol. The van der Waals surface area contributed by atoms with Gasteiger partial charge < -0.3 is 14.4 Å². The number of methoxy groups -OCH3 is 1. The lowest BCUT2D eigenvalue weighted by molar-refractivity contribution is -0.0241. The van der Waals surface area contributed by atoms with Crippen LogP contribution in [0.15, 0.2) is 55.1 Å². The van der Waals surface area contributed by atoms with E-state index in [1.165, 1.54) is 18.4 Å². The molecule has 5 aromatic rings. The van der Waals surface area contributed by atoms with Crippen LogP contribution in [-0.4, -0.2) is 74.6 Å². The van der Waals surface area contributed by atoms with Crippen LogP contribution in [0, 0.1) is 5.41 Å². The standard InChI is InChI=1S/C29H32N8O2/c1-3-39-22-12-23(27-24-15-32-33-28(24)34-37(27)17-22)21-5-6-25(30-14-21)36-10-8-29(9-11-36)18-35(19-29)16-20-4-7-26(38-2)31-13-20/h4-7,12-15,17H,3,8-11,16,18-19H2,1-2H3,(H,33,34). The Morgan fingerprint density at radius 1 is 1.03 bits per heavy atom. The minimum Gasteiger partial charge on any atom is -0.492 e. The van der Waals surface area contributed by atoms with Crippen LogP contribution in [0.5, 0.6) is 11.6 Å². The number of fused-ring (bicyclic) bond motifs is 3. The monoisotopic (exact) mass is 524 g/mol. The van der Waals surface area contributed by atoms with Crippen molar-refractivity contribution < 1.29 is 9.47 Å². The average Bonchev–Trinajstić information content (AvgIpc) is 3.54. The Balaban J connectivity index is 1.03. The van der Waals surface area contributed by atoms with Gasteiger partial charge in [-0.2, -0.15) is 5.10 Å². The molecule has 2 fully saturated rings. The van der Waals surface area contributed by atoms with Gasteiger partial charge in [0.2, 0.25) is 5.88 Å². The number of H-pyrrole nitrogens is 1. The SMILES string of the molecule is CCOc1cc(-c2ccc(N3CCC4(CC3)CN(Cc3ccc(OC)nc3)C4)nc2)c2c3cn[nH]c3nn2c1. The quantitative estimate of drug-likeness (QED) is 0.339. The van der Waals surface area contributed by atoms with Gasteiger partial charge in [0.15, 0.2) is 5.65 Å². The highest BCUT2D eigenvalue weighted by atomic mass is 16.5. The number of aromatic nitrogens is 6. The van der Waals surface area contributed by atoms with Crippen LogP contribution in [-0.2, 0) is 6.54 Å². The lowest BCUT2D eigenvalue weighted by Gasteiger charge is -2.54. The topological polar surface area (TPSA) is 96.7 Å². The Morgan fingerprint density at radius 2 is 1.90 bits per heavy atom. The molecule has 0 unspecified atom stereocenters. The summed E-state index contributed by atoms with van der Waals surface area (Å²) in [6.07, 6.45) is 10.0. The van der Waals surface area contributed by atoms with Gasteiger partial charge in [0.1, 0.15) is 11.6 Å². The normalized spacial score (nSPS) is 17.1. The second-order valence-electron chi connectivity index (χ2n) is 10.7. The first-order valence-corrected chi connectivity index (χ1v) is 13.5. The number of likely N-dealkylation sites (tertiary alicyclic amines) is 1. The van der Waals surface area contributed by atoms with Crippen molar-refractivity contribution in [2.75, 3.05) is 44.8 Å². The molecule has 39 heavy (non-hydrogen) atoms. The van der Waals surface area contributed by atoms with E-state index in [0.717, 1.165) is 72.0 Å². The summed E-state index contributed by atoms with van der Waals surface area (Å²) in [7, 11) is 1.65. The van der Waals surface area contributed by atoms with E-state index >= 15 is 0 Å². The molecule has 2 saturated heterocycles. The number of rotatable bonds is 7. The van der Waals surface area contributed by atoms with Crippen LogP contribution in [0.2, 0.25) is 0 Å². The zero-order valence-corrected chi connectivity index (χ0v) is 22.3. The Hall–Kier alpha value is -4.18. The highest BCUT2D eigenvalue weighted by Crippen LogP contribution is 2.42. The van der Waals surface area contributed by atoms with Crippen LogP contribution in [0.4, 0.5) is 5.82 Å². The molecule has 1 N–H and O–H groups in total. The van der Waals surface area contributed by atoms with Gasteiger partial charge in [-0.15, -0.1) is 5.10 Å². The third-order valence-electron chi connectivity index (χ3n) is 8.15. The summed E-state index contributed by atoms with van der Waals surface area (Å²) < 4.78 is 12.9. The maximum Gasteiger partial charge on any atom is 0.212 e. The molecule has 0 radical (unpaired) electrons. The first kappa shape index (κ1) is 23.9. The Kier molecular flexibility index (Phi) is 5.84. The van der Waals surface area contributed by atoms with E-state index in [4.69, 9.17) is 14.5 Å². The van der Waals surface area contributed by atoms with Gasteiger partial charge in [0.25, 0.3) is 0 Å². The third kappa shape index (κ3) is 4.34. The number of piperidine rings is 1. The summed E-state index contributed by atoms with van der Waals surface area (Å²) in [5, 5.41) is 12.8. The fourth-order valence-electron chi connectivity index (χ4n) is 6.16. The lowest BCUT2D eigenvalue weighted by atomic mass is 9.72. The van der Waals surface area contributed by atoms with Crippen LogP contribution in [0.25, 0.3) is 27.7 Å². The largest absolute Gasteiger partial charge is 0.492 e. The van der Waals surface area contributed by atoms with Crippen molar-refractivity contribution in [1.82, 2.24) is 34.7 Å². The number of anilines is 1.